The van der Waals surface area contributed by atoms with E-state index < -0.39 is 36.1 Å². The molecular weight excluding hydrogens is 268 g/mol. The zero-order chi connectivity index (χ0) is 14.9. The third-order valence-electron chi connectivity index (χ3n) is 3.19. The molecule has 0 unspecified atom stereocenters. The standard InChI is InChI=1S/C12H16N2O6/c1-6-2-3-7(8(4-6)14(18)19)13-12-11(17)10(16)9(5-15)20-12/h2-4,9-13,15-17H,5H2,1H3/t9-,10-,11-,12+/m1/s1. The lowest BCUT2D eigenvalue weighted by molar-refractivity contribution is -0.384. The van der Waals surface area contributed by atoms with Gasteiger partial charge < -0.3 is 25.4 Å². The SMILES string of the molecule is Cc1ccc(N[C@H]2O[C@H](CO)[C@@H](O)[C@H]2O)c([N+](=O)[O-])c1. The summed E-state index contributed by atoms with van der Waals surface area (Å²) in [5, 5.41) is 42.1. The van der Waals surface area contributed by atoms with Gasteiger partial charge in [0, 0.05) is 6.07 Å². The van der Waals surface area contributed by atoms with Crippen LogP contribution in [0.15, 0.2) is 18.2 Å². The summed E-state index contributed by atoms with van der Waals surface area (Å²) >= 11 is 0. The summed E-state index contributed by atoms with van der Waals surface area (Å²) in [5.41, 5.74) is 0.751. The molecule has 1 heterocycles. The van der Waals surface area contributed by atoms with Crippen molar-refractivity contribution >= 4 is 11.4 Å². The van der Waals surface area contributed by atoms with Crippen LogP contribution < -0.4 is 5.32 Å². The zero-order valence-corrected chi connectivity index (χ0v) is 10.8. The fourth-order valence-corrected chi connectivity index (χ4v) is 2.09. The molecule has 0 aromatic heterocycles. The van der Waals surface area contributed by atoms with Gasteiger partial charge in [-0.3, -0.25) is 10.1 Å². The minimum absolute atomic E-state index is 0.150. The van der Waals surface area contributed by atoms with Gasteiger partial charge in [0.05, 0.1) is 11.5 Å². The monoisotopic (exact) mass is 284 g/mol. The van der Waals surface area contributed by atoms with Crippen molar-refractivity contribution in [3.05, 3.63) is 33.9 Å². The molecule has 0 aliphatic carbocycles. The van der Waals surface area contributed by atoms with E-state index in [1.54, 1.807) is 13.0 Å². The number of nitro groups is 1. The van der Waals surface area contributed by atoms with Gasteiger partial charge >= 0.3 is 0 Å². The van der Waals surface area contributed by atoms with Crippen molar-refractivity contribution in [3.8, 4) is 0 Å². The van der Waals surface area contributed by atoms with Crippen molar-refractivity contribution in [3.63, 3.8) is 0 Å². The van der Waals surface area contributed by atoms with Gasteiger partial charge in [0.25, 0.3) is 5.69 Å². The smallest absolute Gasteiger partial charge is 0.292 e. The summed E-state index contributed by atoms with van der Waals surface area (Å²) in [6.07, 6.45) is -4.48. The maximum Gasteiger partial charge on any atom is 0.292 e. The second kappa shape index (κ2) is 5.71. The number of ether oxygens (including phenoxy) is 1. The van der Waals surface area contributed by atoms with Gasteiger partial charge in [0.2, 0.25) is 0 Å². The number of benzene rings is 1. The van der Waals surface area contributed by atoms with Crippen molar-refractivity contribution in [2.24, 2.45) is 0 Å². The maximum atomic E-state index is 11.0. The zero-order valence-electron chi connectivity index (χ0n) is 10.8. The molecule has 20 heavy (non-hydrogen) atoms. The lowest BCUT2D eigenvalue weighted by Gasteiger charge is -2.17. The van der Waals surface area contributed by atoms with Crippen LogP contribution in [0.4, 0.5) is 11.4 Å². The molecule has 1 aliphatic heterocycles. The molecule has 1 fully saturated rings. The van der Waals surface area contributed by atoms with Crippen LogP contribution in [-0.4, -0.2) is 51.4 Å². The summed E-state index contributed by atoms with van der Waals surface area (Å²) in [4.78, 5) is 10.4. The third-order valence-corrected chi connectivity index (χ3v) is 3.19. The first-order valence-electron chi connectivity index (χ1n) is 6.08. The first-order valence-corrected chi connectivity index (χ1v) is 6.08. The molecule has 1 saturated heterocycles. The van der Waals surface area contributed by atoms with Gasteiger partial charge in [-0.2, -0.15) is 0 Å². The average molecular weight is 284 g/mol. The van der Waals surface area contributed by atoms with Gasteiger partial charge in [-0.25, -0.2) is 0 Å². The quantitative estimate of drug-likeness (QED) is 0.444. The van der Waals surface area contributed by atoms with E-state index in [-0.39, 0.29) is 11.4 Å². The molecule has 8 heteroatoms. The Kier molecular flexibility index (Phi) is 4.19. The lowest BCUT2D eigenvalue weighted by atomic mass is 10.1. The first-order chi connectivity index (χ1) is 9.43. The average Bonchev–Trinajstić information content (AvgIpc) is 2.68. The van der Waals surface area contributed by atoms with Crippen LogP contribution in [0.5, 0.6) is 0 Å². The molecule has 1 aromatic carbocycles. The highest BCUT2D eigenvalue weighted by Gasteiger charge is 2.42. The van der Waals surface area contributed by atoms with Gasteiger partial charge in [0.1, 0.15) is 24.0 Å². The highest BCUT2D eigenvalue weighted by atomic mass is 16.6. The predicted molar refractivity (Wildman–Crippen MR) is 69.2 cm³/mol. The van der Waals surface area contributed by atoms with E-state index >= 15 is 0 Å². The van der Waals surface area contributed by atoms with Crippen LogP contribution >= 0.6 is 0 Å². The topological polar surface area (TPSA) is 125 Å². The van der Waals surface area contributed by atoms with Crippen LogP contribution in [0.1, 0.15) is 5.56 Å². The Labute approximate surface area is 114 Å². The second-order valence-electron chi connectivity index (χ2n) is 4.68. The van der Waals surface area contributed by atoms with Gasteiger partial charge in [0.15, 0.2) is 6.23 Å². The fourth-order valence-electron chi connectivity index (χ4n) is 2.09. The van der Waals surface area contributed by atoms with E-state index in [2.05, 4.69) is 5.32 Å². The van der Waals surface area contributed by atoms with Crippen molar-refractivity contribution in [1.29, 1.82) is 0 Å². The van der Waals surface area contributed by atoms with Gasteiger partial charge in [-0.1, -0.05) is 6.07 Å². The number of aliphatic hydroxyl groups is 3. The highest BCUT2D eigenvalue weighted by Crippen LogP contribution is 2.29. The fraction of sp³-hybridized carbons (Fsp3) is 0.500. The van der Waals surface area contributed by atoms with Gasteiger partial charge in [-0.05, 0) is 18.6 Å². The minimum Gasteiger partial charge on any atom is -0.394 e. The predicted octanol–water partition coefficient (Wildman–Crippen LogP) is -0.246. The molecule has 0 amide bonds. The maximum absolute atomic E-state index is 11.0. The second-order valence-corrected chi connectivity index (χ2v) is 4.68. The van der Waals surface area contributed by atoms with E-state index in [9.17, 15) is 20.3 Å². The molecule has 110 valence electrons. The van der Waals surface area contributed by atoms with Crippen LogP contribution in [0.3, 0.4) is 0 Å². The number of hydrogen-bond acceptors (Lipinski definition) is 7. The number of rotatable bonds is 4. The minimum atomic E-state index is -1.28. The Bertz CT molecular complexity index is 509. The number of nitrogens with zero attached hydrogens (tertiary/aromatic N) is 1. The summed E-state index contributed by atoms with van der Waals surface area (Å²) in [6.45, 7) is 1.27. The van der Waals surface area contributed by atoms with Crippen LogP contribution in [-0.2, 0) is 4.74 Å². The molecule has 0 saturated carbocycles. The molecule has 1 aliphatic rings. The Morgan fingerprint density at radius 3 is 2.65 bits per heavy atom. The van der Waals surface area contributed by atoms with Crippen molar-refractivity contribution < 1.29 is 25.0 Å². The van der Waals surface area contributed by atoms with E-state index in [1.165, 1.54) is 12.1 Å². The molecule has 0 bridgehead atoms. The number of hydrogen-bond donors (Lipinski definition) is 4. The number of aryl methyl sites for hydroxylation is 1. The van der Waals surface area contributed by atoms with Crippen LogP contribution in [0.25, 0.3) is 0 Å². The molecule has 8 nitrogen and oxygen atoms in total. The van der Waals surface area contributed by atoms with E-state index in [0.717, 1.165) is 5.56 Å². The van der Waals surface area contributed by atoms with Gasteiger partial charge in [-0.15, -0.1) is 0 Å². The van der Waals surface area contributed by atoms with Crippen LogP contribution in [0, 0.1) is 17.0 Å². The summed E-state index contributed by atoms with van der Waals surface area (Å²) in [6, 6.07) is 4.57. The molecule has 4 atom stereocenters. The van der Waals surface area contributed by atoms with E-state index in [0.29, 0.717) is 0 Å². The Balaban J connectivity index is 2.21. The highest BCUT2D eigenvalue weighted by molar-refractivity contribution is 5.63. The molecular formula is C12H16N2O6. The largest absolute Gasteiger partial charge is 0.394 e. The number of aliphatic hydroxyl groups excluding tert-OH is 3. The lowest BCUT2D eigenvalue weighted by Crippen LogP contribution is -2.36. The van der Waals surface area contributed by atoms with Crippen molar-refractivity contribution in [1.82, 2.24) is 0 Å². The van der Waals surface area contributed by atoms with Crippen molar-refractivity contribution in [2.75, 3.05) is 11.9 Å². The molecule has 1 aromatic rings. The third kappa shape index (κ3) is 2.73. The Morgan fingerprint density at radius 1 is 1.40 bits per heavy atom. The van der Waals surface area contributed by atoms with E-state index in [1.807, 2.05) is 0 Å². The molecule has 0 spiro atoms. The van der Waals surface area contributed by atoms with Crippen LogP contribution in [0.2, 0.25) is 0 Å². The number of anilines is 1. The molecule has 4 N–H and O–H groups in total. The number of nitrogens with one attached hydrogen (secondary N) is 1. The van der Waals surface area contributed by atoms with Crippen molar-refractivity contribution in [2.45, 2.75) is 31.5 Å². The first kappa shape index (κ1) is 14.7. The summed E-state index contributed by atoms with van der Waals surface area (Å²) < 4.78 is 5.22. The number of nitro benzene ring substituents is 1. The molecule has 0 radical (unpaired) electrons. The summed E-state index contributed by atoms with van der Waals surface area (Å²) in [5.74, 6) is 0. The van der Waals surface area contributed by atoms with E-state index in [4.69, 9.17) is 9.84 Å². The Hall–Kier alpha value is -1.74. The summed E-state index contributed by atoms with van der Waals surface area (Å²) in [7, 11) is 0. The normalized spacial score (nSPS) is 29.4. The Morgan fingerprint density at radius 2 is 2.10 bits per heavy atom. The molecule has 2 rings (SSSR count).